The lowest BCUT2D eigenvalue weighted by Crippen LogP contribution is -2.30. The lowest BCUT2D eigenvalue weighted by Gasteiger charge is -2.22. The molecule has 20 heavy (non-hydrogen) atoms. The van der Waals surface area contributed by atoms with Crippen molar-refractivity contribution >= 4 is 11.6 Å². The quantitative estimate of drug-likeness (QED) is 0.835. The van der Waals surface area contributed by atoms with Crippen LogP contribution in [0.2, 0.25) is 0 Å². The van der Waals surface area contributed by atoms with Gasteiger partial charge >= 0.3 is 0 Å². The first-order chi connectivity index (χ1) is 9.79. The molecule has 0 saturated carbocycles. The van der Waals surface area contributed by atoms with Crippen LogP contribution in [0.5, 0.6) is 0 Å². The third kappa shape index (κ3) is 4.64. The smallest absolute Gasteiger partial charge is 0.224 e. The first kappa shape index (κ1) is 15.0. The summed E-state index contributed by atoms with van der Waals surface area (Å²) >= 11 is 0. The van der Waals surface area contributed by atoms with Gasteiger partial charge in [-0.1, -0.05) is 31.5 Å². The Balaban J connectivity index is 1.81. The molecule has 2 N–H and O–H groups in total. The van der Waals surface area contributed by atoms with Gasteiger partial charge in [-0.3, -0.25) is 4.79 Å². The minimum Gasteiger partial charge on any atom is -0.326 e. The summed E-state index contributed by atoms with van der Waals surface area (Å²) in [5.74, 6) is 0.819. The largest absolute Gasteiger partial charge is 0.326 e. The van der Waals surface area contributed by atoms with Gasteiger partial charge in [0, 0.05) is 12.1 Å². The highest BCUT2D eigenvalue weighted by Crippen LogP contribution is 2.19. The number of rotatable bonds is 6. The van der Waals surface area contributed by atoms with E-state index in [2.05, 4.69) is 23.6 Å². The van der Waals surface area contributed by atoms with Crippen molar-refractivity contribution in [2.45, 2.75) is 45.4 Å². The third-order valence-electron chi connectivity index (χ3n) is 3.99. The molecule has 1 aromatic carbocycles. The van der Waals surface area contributed by atoms with E-state index in [0.29, 0.717) is 12.3 Å². The summed E-state index contributed by atoms with van der Waals surface area (Å²) < 4.78 is 0. The minimum absolute atomic E-state index is 0.152. The van der Waals surface area contributed by atoms with Gasteiger partial charge in [-0.2, -0.15) is 0 Å². The van der Waals surface area contributed by atoms with Crippen LogP contribution < -0.4 is 10.6 Å². The Morgan fingerprint density at radius 1 is 1.40 bits per heavy atom. The molecular weight excluding hydrogens is 248 g/mol. The van der Waals surface area contributed by atoms with Crippen molar-refractivity contribution in [2.75, 3.05) is 18.4 Å². The Morgan fingerprint density at radius 2 is 2.25 bits per heavy atom. The van der Waals surface area contributed by atoms with Gasteiger partial charge in [0.15, 0.2) is 0 Å². The predicted molar refractivity (Wildman–Crippen MR) is 83.9 cm³/mol. The molecule has 1 unspecified atom stereocenters. The van der Waals surface area contributed by atoms with Crippen molar-refractivity contribution in [3.8, 4) is 0 Å². The van der Waals surface area contributed by atoms with Crippen molar-refractivity contribution in [3.63, 3.8) is 0 Å². The topological polar surface area (TPSA) is 41.1 Å². The zero-order valence-electron chi connectivity index (χ0n) is 12.5. The monoisotopic (exact) mass is 274 g/mol. The van der Waals surface area contributed by atoms with E-state index in [1.54, 1.807) is 0 Å². The van der Waals surface area contributed by atoms with Gasteiger partial charge < -0.3 is 10.6 Å². The molecule has 1 aliphatic heterocycles. The average Bonchev–Trinajstić information content (AvgIpc) is 2.49. The van der Waals surface area contributed by atoms with Gasteiger partial charge in [0.2, 0.25) is 5.91 Å². The van der Waals surface area contributed by atoms with E-state index < -0.39 is 0 Å². The summed E-state index contributed by atoms with van der Waals surface area (Å²) in [6.07, 6.45) is 6.24. The molecule has 1 heterocycles. The Kier molecular flexibility index (Phi) is 6.06. The maximum absolute atomic E-state index is 12.1. The van der Waals surface area contributed by atoms with Gasteiger partial charge in [0.05, 0.1) is 0 Å². The average molecular weight is 274 g/mol. The molecule has 2 rings (SSSR count). The van der Waals surface area contributed by atoms with Crippen LogP contribution in [0.15, 0.2) is 24.3 Å². The van der Waals surface area contributed by atoms with Crippen molar-refractivity contribution in [2.24, 2.45) is 5.92 Å². The molecule has 3 nitrogen and oxygen atoms in total. The van der Waals surface area contributed by atoms with E-state index in [4.69, 9.17) is 0 Å². The maximum Gasteiger partial charge on any atom is 0.224 e. The molecule has 0 bridgehead atoms. The zero-order chi connectivity index (χ0) is 14.2. The van der Waals surface area contributed by atoms with Gasteiger partial charge in [-0.05, 0) is 56.3 Å². The summed E-state index contributed by atoms with van der Waals surface area (Å²) in [7, 11) is 0. The van der Waals surface area contributed by atoms with E-state index in [9.17, 15) is 4.79 Å². The number of benzene rings is 1. The Hall–Kier alpha value is -1.35. The summed E-state index contributed by atoms with van der Waals surface area (Å²) in [5.41, 5.74) is 2.23. The standard InChI is InChI=1S/C17H26N2O/c1-2-6-15-8-3-4-9-16(15)19-17(20)11-10-14-7-5-12-18-13-14/h3-4,8-9,14,18H,2,5-7,10-13H2,1H3,(H,19,20). The lowest BCUT2D eigenvalue weighted by molar-refractivity contribution is -0.116. The predicted octanol–water partition coefficient (Wildman–Crippen LogP) is 3.36. The highest BCUT2D eigenvalue weighted by atomic mass is 16.1. The SMILES string of the molecule is CCCc1ccccc1NC(=O)CCC1CCCNC1. The Bertz CT molecular complexity index is 425. The molecule has 1 saturated heterocycles. The van der Waals surface area contributed by atoms with Crippen molar-refractivity contribution in [1.29, 1.82) is 0 Å². The molecule has 0 aliphatic carbocycles. The molecular formula is C17H26N2O. The van der Waals surface area contributed by atoms with E-state index in [-0.39, 0.29) is 5.91 Å². The number of para-hydroxylation sites is 1. The Labute approximate surface area is 122 Å². The van der Waals surface area contributed by atoms with Crippen LogP contribution in [0.3, 0.4) is 0 Å². The minimum atomic E-state index is 0.152. The molecule has 1 fully saturated rings. The van der Waals surface area contributed by atoms with Crippen LogP contribution >= 0.6 is 0 Å². The summed E-state index contributed by atoms with van der Waals surface area (Å²) in [5, 5.41) is 6.48. The summed E-state index contributed by atoms with van der Waals surface area (Å²) in [6.45, 7) is 4.36. The number of carbonyl (C=O) groups excluding carboxylic acids is 1. The van der Waals surface area contributed by atoms with Gasteiger partial charge in [0.25, 0.3) is 0 Å². The highest BCUT2D eigenvalue weighted by molar-refractivity contribution is 5.91. The highest BCUT2D eigenvalue weighted by Gasteiger charge is 2.14. The second-order valence-electron chi connectivity index (χ2n) is 5.71. The van der Waals surface area contributed by atoms with Crippen LogP contribution in [-0.2, 0) is 11.2 Å². The van der Waals surface area contributed by atoms with Crippen LogP contribution in [0.25, 0.3) is 0 Å². The van der Waals surface area contributed by atoms with Crippen LogP contribution in [-0.4, -0.2) is 19.0 Å². The molecule has 0 spiro atoms. The first-order valence-corrected chi connectivity index (χ1v) is 7.88. The summed E-state index contributed by atoms with van der Waals surface area (Å²) in [4.78, 5) is 12.1. The Morgan fingerprint density at radius 3 is 3.00 bits per heavy atom. The molecule has 0 aromatic heterocycles. The number of amides is 1. The number of carbonyl (C=O) groups is 1. The van der Waals surface area contributed by atoms with Gasteiger partial charge in [0.1, 0.15) is 0 Å². The fourth-order valence-electron chi connectivity index (χ4n) is 2.85. The van der Waals surface area contributed by atoms with Gasteiger partial charge in [-0.15, -0.1) is 0 Å². The molecule has 1 atom stereocenters. The number of nitrogens with one attached hydrogen (secondary N) is 2. The molecule has 110 valence electrons. The fourth-order valence-corrected chi connectivity index (χ4v) is 2.85. The van der Waals surface area contributed by atoms with Crippen molar-refractivity contribution in [3.05, 3.63) is 29.8 Å². The van der Waals surface area contributed by atoms with Crippen molar-refractivity contribution in [1.82, 2.24) is 5.32 Å². The maximum atomic E-state index is 12.1. The van der Waals surface area contributed by atoms with E-state index in [0.717, 1.165) is 38.0 Å². The zero-order valence-corrected chi connectivity index (χ0v) is 12.5. The molecule has 3 heteroatoms. The number of hydrogen-bond donors (Lipinski definition) is 2. The van der Waals surface area contributed by atoms with E-state index in [1.807, 2.05) is 18.2 Å². The molecule has 1 aliphatic rings. The van der Waals surface area contributed by atoms with Gasteiger partial charge in [-0.25, -0.2) is 0 Å². The van der Waals surface area contributed by atoms with Crippen LogP contribution in [0.4, 0.5) is 5.69 Å². The normalized spacial score (nSPS) is 18.8. The third-order valence-corrected chi connectivity index (χ3v) is 3.99. The number of anilines is 1. The second-order valence-corrected chi connectivity index (χ2v) is 5.71. The first-order valence-electron chi connectivity index (χ1n) is 7.88. The molecule has 0 radical (unpaired) electrons. The van der Waals surface area contributed by atoms with Crippen molar-refractivity contribution < 1.29 is 4.79 Å². The number of hydrogen-bond acceptors (Lipinski definition) is 2. The van der Waals surface area contributed by atoms with Crippen LogP contribution in [0, 0.1) is 5.92 Å². The molecule has 1 amide bonds. The second kappa shape index (κ2) is 8.05. The van der Waals surface area contributed by atoms with Crippen LogP contribution in [0.1, 0.15) is 44.6 Å². The lowest BCUT2D eigenvalue weighted by atomic mass is 9.94. The fraction of sp³-hybridized carbons (Fsp3) is 0.588. The number of piperidine rings is 1. The number of aryl methyl sites for hydroxylation is 1. The molecule has 1 aromatic rings. The van der Waals surface area contributed by atoms with E-state index in [1.165, 1.54) is 18.4 Å². The summed E-state index contributed by atoms with van der Waals surface area (Å²) in [6, 6.07) is 8.13. The van der Waals surface area contributed by atoms with E-state index >= 15 is 0 Å².